The van der Waals surface area contributed by atoms with Crippen molar-refractivity contribution in [2.75, 3.05) is 6.26 Å². The smallest absolute Gasteiger partial charge is 0.220 e. The van der Waals surface area contributed by atoms with E-state index in [1.165, 1.54) is 10.5 Å². The Hall–Kier alpha value is -0.960. The van der Waals surface area contributed by atoms with E-state index in [1.54, 1.807) is 11.8 Å². The van der Waals surface area contributed by atoms with Gasteiger partial charge in [-0.2, -0.15) is 0 Å². The van der Waals surface area contributed by atoms with Gasteiger partial charge in [0, 0.05) is 11.3 Å². The molecule has 86 valence electrons. The van der Waals surface area contributed by atoms with Crippen LogP contribution in [0.2, 0.25) is 0 Å². The Labute approximate surface area is 101 Å². The van der Waals surface area contributed by atoms with Crippen molar-refractivity contribution >= 4 is 17.7 Å². The molecule has 1 aliphatic carbocycles. The monoisotopic (exact) mass is 235 g/mol. The number of benzene rings is 1. The zero-order chi connectivity index (χ0) is 11.6. The molecule has 1 aromatic rings. The lowest BCUT2D eigenvalue weighted by atomic mass is 10.0. The van der Waals surface area contributed by atoms with Crippen LogP contribution in [0.4, 0.5) is 0 Å². The first-order valence-corrected chi connectivity index (χ1v) is 6.89. The van der Waals surface area contributed by atoms with Gasteiger partial charge in [0.25, 0.3) is 0 Å². The lowest BCUT2D eigenvalue weighted by Gasteiger charge is -2.20. The Balaban J connectivity index is 2.26. The van der Waals surface area contributed by atoms with E-state index >= 15 is 0 Å². The van der Waals surface area contributed by atoms with Gasteiger partial charge >= 0.3 is 0 Å². The van der Waals surface area contributed by atoms with Gasteiger partial charge in [-0.05, 0) is 30.7 Å². The Bertz CT molecular complexity index is 399. The molecule has 2 rings (SSSR count). The molecular formula is C13H17NOS. The Kier molecular flexibility index (Phi) is 3.24. The number of thioether (sulfide) groups is 1. The van der Waals surface area contributed by atoms with E-state index in [0.717, 1.165) is 12.8 Å². The summed E-state index contributed by atoms with van der Waals surface area (Å²) < 4.78 is 0. The molecule has 1 fully saturated rings. The van der Waals surface area contributed by atoms with Gasteiger partial charge in [-0.3, -0.25) is 4.79 Å². The fraction of sp³-hybridized carbons (Fsp3) is 0.462. The van der Waals surface area contributed by atoms with Crippen molar-refractivity contribution in [2.45, 2.75) is 36.6 Å². The highest BCUT2D eigenvalue weighted by atomic mass is 32.2. The van der Waals surface area contributed by atoms with E-state index in [-0.39, 0.29) is 11.4 Å². The first kappa shape index (κ1) is 11.5. The molecule has 0 aromatic heterocycles. The Morgan fingerprint density at radius 3 is 2.69 bits per heavy atom. The maximum Gasteiger partial charge on any atom is 0.220 e. The maximum absolute atomic E-state index is 11.5. The molecular weight excluding hydrogens is 218 g/mol. The molecule has 0 spiro atoms. The van der Waals surface area contributed by atoms with Crippen molar-refractivity contribution in [3.05, 3.63) is 29.8 Å². The minimum atomic E-state index is -0.0628. The molecule has 0 saturated heterocycles. The van der Waals surface area contributed by atoms with Gasteiger partial charge in [0.2, 0.25) is 5.91 Å². The number of carbonyl (C=O) groups is 1. The van der Waals surface area contributed by atoms with E-state index in [4.69, 9.17) is 0 Å². The molecule has 0 unspecified atom stereocenters. The fourth-order valence-electron chi connectivity index (χ4n) is 1.98. The molecule has 0 atom stereocenters. The number of carbonyl (C=O) groups excluding carboxylic acids is 1. The highest BCUT2D eigenvalue weighted by Crippen LogP contribution is 2.48. The zero-order valence-corrected chi connectivity index (χ0v) is 10.6. The molecule has 1 aromatic carbocycles. The highest BCUT2D eigenvalue weighted by molar-refractivity contribution is 7.98. The van der Waals surface area contributed by atoms with Crippen LogP contribution in [0.25, 0.3) is 0 Å². The number of hydrogen-bond acceptors (Lipinski definition) is 2. The highest BCUT2D eigenvalue weighted by Gasteiger charge is 2.46. The second-order valence-corrected chi connectivity index (χ2v) is 5.03. The standard InChI is InChI=1S/C13H17NOS/c1-3-12(15)14-13(8-9-13)10-6-4-5-7-11(10)16-2/h4-7H,3,8-9H2,1-2H3,(H,14,15). The van der Waals surface area contributed by atoms with Crippen LogP contribution in [0.3, 0.4) is 0 Å². The molecule has 1 amide bonds. The van der Waals surface area contributed by atoms with E-state index in [2.05, 4.69) is 23.7 Å². The quantitative estimate of drug-likeness (QED) is 0.813. The largest absolute Gasteiger partial charge is 0.347 e. The molecule has 1 saturated carbocycles. The predicted molar refractivity (Wildman–Crippen MR) is 67.6 cm³/mol. The maximum atomic E-state index is 11.5. The average Bonchev–Trinajstić information content (AvgIpc) is 3.09. The van der Waals surface area contributed by atoms with Crippen molar-refractivity contribution < 1.29 is 4.79 Å². The normalized spacial score (nSPS) is 16.9. The summed E-state index contributed by atoms with van der Waals surface area (Å²) in [5, 5.41) is 3.16. The number of amides is 1. The first-order chi connectivity index (χ1) is 7.72. The van der Waals surface area contributed by atoms with Gasteiger partial charge < -0.3 is 5.32 Å². The van der Waals surface area contributed by atoms with Crippen LogP contribution in [0.1, 0.15) is 31.7 Å². The third-order valence-electron chi connectivity index (χ3n) is 3.07. The molecule has 16 heavy (non-hydrogen) atoms. The van der Waals surface area contributed by atoms with Crippen molar-refractivity contribution in [2.24, 2.45) is 0 Å². The lowest BCUT2D eigenvalue weighted by Crippen LogP contribution is -2.34. The van der Waals surface area contributed by atoms with Crippen molar-refractivity contribution in [3.8, 4) is 0 Å². The minimum Gasteiger partial charge on any atom is -0.347 e. The zero-order valence-electron chi connectivity index (χ0n) is 9.75. The van der Waals surface area contributed by atoms with Crippen LogP contribution in [0.5, 0.6) is 0 Å². The van der Waals surface area contributed by atoms with Crippen molar-refractivity contribution in [1.82, 2.24) is 5.32 Å². The van der Waals surface area contributed by atoms with Gasteiger partial charge in [-0.15, -0.1) is 11.8 Å². The number of hydrogen-bond donors (Lipinski definition) is 1. The average molecular weight is 235 g/mol. The Morgan fingerprint density at radius 2 is 2.12 bits per heavy atom. The second kappa shape index (κ2) is 4.50. The van der Waals surface area contributed by atoms with Crippen LogP contribution in [-0.2, 0) is 10.3 Å². The topological polar surface area (TPSA) is 29.1 Å². The van der Waals surface area contributed by atoms with Crippen LogP contribution in [0, 0.1) is 0 Å². The molecule has 0 bridgehead atoms. The molecule has 0 aliphatic heterocycles. The molecule has 0 radical (unpaired) electrons. The summed E-state index contributed by atoms with van der Waals surface area (Å²) in [4.78, 5) is 12.8. The van der Waals surface area contributed by atoms with E-state index in [9.17, 15) is 4.79 Å². The van der Waals surface area contributed by atoms with Crippen molar-refractivity contribution in [1.29, 1.82) is 0 Å². The van der Waals surface area contributed by atoms with Gasteiger partial charge in [0.05, 0.1) is 5.54 Å². The van der Waals surface area contributed by atoms with Gasteiger partial charge in [-0.1, -0.05) is 25.1 Å². The Morgan fingerprint density at radius 1 is 1.44 bits per heavy atom. The third-order valence-corrected chi connectivity index (χ3v) is 3.87. The molecule has 3 heteroatoms. The van der Waals surface area contributed by atoms with Crippen LogP contribution in [0.15, 0.2) is 29.2 Å². The summed E-state index contributed by atoms with van der Waals surface area (Å²) in [6, 6.07) is 8.35. The van der Waals surface area contributed by atoms with Crippen molar-refractivity contribution in [3.63, 3.8) is 0 Å². The van der Waals surface area contributed by atoms with Gasteiger partial charge in [-0.25, -0.2) is 0 Å². The SMILES string of the molecule is CCC(=O)NC1(c2ccccc2SC)CC1. The van der Waals surface area contributed by atoms with Crippen LogP contribution < -0.4 is 5.32 Å². The van der Waals surface area contributed by atoms with Gasteiger partial charge in [0.15, 0.2) is 0 Å². The summed E-state index contributed by atoms with van der Waals surface area (Å²) in [6.07, 6.45) is 4.77. The molecule has 2 nitrogen and oxygen atoms in total. The van der Waals surface area contributed by atoms with E-state index in [1.807, 2.05) is 19.1 Å². The van der Waals surface area contributed by atoms with E-state index in [0.29, 0.717) is 6.42 Å². The molecule has 0 heterocycles. The number of nitrogens with one attached hydrogen (secondary N) is 1. The summed E-state index contributed by atoms with van der Waals surface area (Å²) in [6.45, 7) is 1.89. The second-order valence-electron chi connectivity index (χ2n) is 4.18. The third kappa shape index (κ3) is 2.09. The summed E-state index contributed by atoms with van der Waals surface area (Å²) in [5.41, 5.74) is 1.22. The fourth-order valence-corrected chi connectivity index (χ4v) is 2.68. The summed E-state index contributed by atoms with van der Waals surface area (Å²) >= 11 is 1.75. The minimum absolute atomic E-state index is 0.0628. The molecule has 1 aliphatic rings. The lowest BCUT2D eigenvalue weighted by molar-refractivity contribution is -0.121. The summed E-state index contributed by atoms with van der Waals surface area (Å²) in [7, 11) is 0. The first-order valence-electron chi connectivity index (χ1n) is 5.66. The van der Waals surface area contributed by atoms with Crippen LogP contribution in [-0.4, -0.2) is 12.2 Å². The van der Waals surface area contributed by atoms with Crippen LogP contribution >= 0.6 is 11.8 Å². The van der Waals surface area contributed by atoms with E-state index < -0.39 is 0 Å². The predicted octanol–water partition coefficient (Wildman–Crippen LogP) is 2.92. The molecule has 1 N–H and O–H groups in total. The van der Waals surface area contributed by atoms with Gasteiger partial charge in [0.1, 0.15) is 0 Å². The number of rotatable bonds is 4. The summed E-state index contributed by atoms with van der Waals surface area (Å²) in [5.74, 6) is 0.147.